The molecule has 0 spiro atoms. The van der Waals surface area contributed by atoms with Crippen LogP contribution in [0, 0.1) is 0 Å². The van der Waals surface area contributed by atoms with E-state index in [0.717, 1.165) is 41.5 Å². The zero-order valence-corrected chi connectivity index (χ0v) is 16.2. The quantitative estimate of drug-likeness (QED) is 0.858. The van der Waals surface area contributed by atoms with Gasteiger partial charge < -0.3 is 19.9 Å². The van der Waals surface area contributed by atoms with Crippen LogP contribution in [0.25, 0.3) is 0 Å². The zero-order chi connectivity index (χ0) is 19.5. The van der Waals surface area contributed by atoms with E-state index in [-0.39, 0.29) is 18.4 Å². The van der Waals surface area contributed by atoms with Crippen LogP contribution in [0.3, 0.4) is 0 Å². The average molecular weight is 400 g/mol. The maximum atomic E-state index is 12.5. The SMILES string of the molecule is O=C1CCc2ccc(OCC(=O)N3CCN(c4ccc(Cl)cc4)CC3)cc2N1. The third-order valence-corrected chi connectivity index (χ3v) is 5.42. The summed E-state index contributed by atoms with van der Waals surface area (Å²) in [5, 5.41) is 3.57. The van der Waals surface area contributed by atoms with Gasteiger partial charge in [0.05, 0.1) is 0 Å². The molecule has 6 nitrogen and oxygen atoms in total. The lowest BCUT2D eigenvalue weighted by Gasteiger charge is -2.36. The summed E-state index contributed by atoms with van der Waals surface area (Å²) in [4.78, 5) is 28.1. The molecule has 2 aliphatic rings. The third kappa shape index (κ3) is 4.22. The summed E-state index contributed by atoms with van der Waals surface area (Å²) in [6.07, 6.45) is 1.24. The summed E-state index contributed by atoms with van der Waals surface area (Å²) < 4.78 is 5.68. The summed E-state index contributed by atoms with van der Waals surface area (Å²) in [5.41, 5.74) is 2.98. The summed E-state index contributed by atoms with van der Waals surface area (Å²) >= 11 is 5.94. The number of fused-ring (bicyclic) bond motifs is 1. The number of anilines is 2. The molecule has 2 aliphatic heterocycles. The van der Waals surface area contributed by atoms with Crippen molar-refractivity contribution in [2.45, 2.75) is 12.8 Å². The van der Waals surface area contributed by atoms with Crippen molar-refractivity contribution in [3.63, 3.8) is 0 Å². The molecule has 0 unspecified atom stereocenters. The minimum atomic E-state index is -0.0301. The first kappa shape index (κ1) is 18.6. The van der Waals surface area contributed by atoms with Crippen LogP contribution in [-0.4, -0.2) is 49.5 Å². The molecule has 0 saturated carbocycles. The molecule has 1 saturated heterocycles. The van der Waals surface area contributed by atoms with Gasteiger partial charge in [-0.3, -0.25) is 9.59 Å². The van der Waals surface area contributed by atoms with E-state index in [2.05, 4.69) is 10.2 Å². The van der Waals surface area contributed by atoms with Crippen LogP contribution in [0.4, 0.5) is 11.4 Å². The fraction of sp³-hybridized carbons (Fsp3) is 0.333. The van der Waals surface area contributed by atoms with Gasteiger partial charge in [-0.15, -0.1) is 0 Å². The van der Waals surface area contributed by atoms with Gasteiger partial charge in [0.1, 0.15) is 5.75 Å². The van der Waals surface area contributed by atoms with E-state index in [1.54, 1.807) is 6.07 Å². The van der Waals surface area contributed by atoms with Gasteiger partial charge >= 0.3 is 0 Å². The Morgan fingerprint density at radius 3 is 2.54 bits per heavy atom. The van der Waals surface area contributed by atoms with Crippen LogP contribution in [0.15, 0.2) is 42.5 Å². The zero-order valence-electron chi connectivity index (χ0n) is 15.5. The van der Waals surface area contributed by atoms with Crippen molar-refractivity contribution >= 4 is 34.8 Å². The number of ether oxygens (including phenoxy) is 1. The summed E-state index contributed by atoms with van der Waals surface area (Å²) in [5.74, 6) is 0.575. The van der Waals surface area contributed by atoms with Gasteiger partial charge in [-0.25, -0.2) is 0 Å². The predicted octanol–water partition coefficient (Wildman–Crippen LogP) is 2.95. The normalized spacial score (nSPS) is 16.4. The van der Waals surface area contributed by atoms with Gasteiger partial charge in [0.2, 0.25) is 5.91 Å². The number of benzene rings is 2. The molecule has 146 valence electrons. The van der Waals surface area contributed by atoms with Crippen molar-refractivity contribution in [2.24, 2.45) is 0 Å². The standard InChI is InChI=1S/C21H22ClN3O3/c22-16-3-5-17(6-4-16)24-9-11-25(12-10-24)21(27)14-28-18-7-1-15-2-8-20(26)23-19(15)13-18/h1,3-7,13H,2,8-12,14H2,(H,23,26). The number of carbonyl (C=O) groups excluding carboxylic acids is 2. The molecule has 2 aromatic rings. The van der Waals surface area contributed by atoms with Gasteiger partial charge in [0, 0.05) is 55.1 Å². The Labute approximate surface area is 169 Å². The van der Waals surface area contributed by atoms with Gasteiger partial charge in [-0.1, -0.05) is 17.7 Å². The van der Waals surface area contributed by atoms with Crippen molar-refractivity contribution in [1.82, 2.24) is 4.90 Å². The Hall–Kier alpha value is -2.73. The molecule has 0 bridgehead atoms. The second kappa shape index (κ2) is 8.10. The molecule has 7 heteroatoms. The lowest BCUT2D eigenvalue weighted by atomic mass is 10.0. The van der Waals surface area contributed by atoms with Crippen LogP contribution in [0.5, 0.6) is 5.75 Å². The first-order chi connectivity index (χ1) is 13.6. The number of piperazine rings is 1. The Morgan fingerprint density at radius 1 is 1.04 bits per heavy atom. The topological polar surface area (TPSA) is 61.9 Å². The molecule has 0 aliphatic carbocycles. The summed E-state index contributed by atoms with van der Waals surface area (Å²) in [7, 11) is 0. The maximum absolute atomic E-state index is 12.5. The Morgan fingerprint density at radius 2 is 1.79 bits per heavy atom. The Bertz CT molecular complexity index is 877. The van der Waals surface area contributed by atoms with Crippen molar-refractivity contribution < 1.29 is 14.3 Å². The first-order valence-corrected chi connectivity index (χ1v) is 9.80. The lowest BCUT2D eigenvalue weighted by molar-refractivity contribution is -0.133. The fourth-order valence-electron chi connectivity index (χ4n) is 3.54. The van der Waals surface area contributed by atoms with E-state index in [1.165, 1.54) is 0 Å². The number of aryl methyl sites for hydroxylation is 1. The molecular weight excluding hydrogens is 378 g/mol. The second-order valence-corrected chi connectivity index (χ2v) is 7.44. The molecule has 0 atom stereocenters. The van der Waals surface area contributed by atoms with E-state index in [1.807, 2.05) is 41.3 Å². The third-order valence-electron chi connectivity index (χ3n) is 5.16. The van der Waals surface area contributed by atoms with Crippen LogP contribution >= 0.6 is 11.6 Å². The number of hydrogen-bond donors (Lipinski definition) is 1. The minimum Gasteiger partial charge on any atom is -0.484 e. The lowest BCUT2D eigenvalue weighted by Crippen LogP contribution is -2.50. The van der Waals surface area contributed by atoms with Gasteiger partial charge in [0.25, 0.3) is 5.91 Å². The monoisotopic (exact) mass is 399 g/mol. The predicted molar refractivity (Wildman–Crippen MR) is 109 cm³/mol. The molecule has 1 N–H and O–H groups in total. The van der Waals surface area contributed by atoms with Crippen molar-refractivity contribution in [3.8, 4) is 5.75 Å². The highest BCUT2D eigenvalue weighted by Crippen LogP contribution is 2.27. The molecule has 0 radical (unpaired) electrons. The number of rotatable bonds is 4. The average Bonchev–Trinajstić information content (AvgIpc) is 2.72. The van der Waals surface area contributed by atoms with Crippen molar-refractivity contribution in [3.05, 3.63) is 53.1 Å². The molecule has 1 fully saturated rings. The maximum Gasteiger partial charge on any atom is 0.260 e. The Kier molecular flexibility index (Phi) is 5.39. The summed E-state index contributed by atoms with van der Waals surface area (Å²) in [6, 6.07) is 13.3. The molecule has 0 aromatic heterocycles. The highest BCUT2D eigenvalue weighted by molar-refractivity contribution is 6.30. The number of hydrogen-bond acceptors (Lipinski definition) is 4. The van der Waals surface area contributed by atoms with E-state index < -0.39 is 0 Å². The first-order valence-electron chi connectivity index (χ1n) is 9.42. The second-order valence-electron chi connectivity index (χ2n) is 7.00. The molecule has 2 amide bonds. The van der Waals surface area contributed by atoms with E-state index >= 15 is 0 Å². The number of nitrogens with zero attached hydrogens (tertiary/aromatic N) is 2. The molecular formula is C21H22ClN3O3. The molecule has 4 rings (SSSR count). The highest BCUT2D eigenvalue weighted by atomic mass is 35.5. The van der Waals surface area contributed by atoms with Crippen molar-refractivity contribution in [1.29, 1.82) is 0 Å². The number of amides is 2. The van der Waals surface area contributed by atoms with E-state index in [4.69, 9.17) is 16.3 Å². The van der Waals surface area contributed by atoms with E-state index in [9.17, 15) is 9.59 Å². The van der Waals surface area contributed by atoms with Crippen LogP contribution < -0.4 is 15.0 Å². The molecule has 2 heterocycles. The largest absolute Gasteiger partial charge is 0.484 e. The van der Waals surface area contributed by atoms with Gasteiger partial charge in [0.15, 0.2) is 6.61 Å². The van der Waals surface area contributed by atoms with E-state index in [0.29, 0.717) is 25.3 Å². The fourth-order valence-corrected chi connectivity index (χ4v) is 3.67. The highest BCUT2D eigenvalue weighted by Gasteiger charge is 2.22. The smallest absolute Gasteiger partial charge is 0.260 e. The molecule has 28 heavy (non-hydrogen) atoms. The van der Waals surface area contributed by atoms with Crippen LogP contribution in [0.2, 0.25) is 5.02 Å². The van der Waals surface area contributed by atoms with Crippen LogP contribution in [0.1, 0.15) is 12.0 Å². The minimum absolute atomic E-state index is 0.00627. The Balaban J connectivity index is 1.29. The number of halogens is 1. The molecule has 2 aromatic carbocycles. The van der Waals surface area contributed by atoms with Crippen molar-refractivity contribution in [2.75, 3.05) is 43.0 Å². The van der Waals surface area contributed by atoms with Gasteiger partial charge in [-0.2, -0.15) is 0 Å². The number of nitrogens with one attached hydrogen (secondary N) is 1. The van der Waals surface area contributed by atoms with Gasteiger partial charge in [-0.05, 0) is 42.3 Å². The summed E-state index contributed by atoms with van der Waals surface area (Å²) in [6.45, 7) is 2.86. The van der Waals surface area contributed by atoms with Crippen LogP contribution in [-0.2, 0) is 16.0 Å². The number of carbonyl (C=O) groups is 2.